The summed E-state index contributed by atoms with van der Waals surface area (Å²) < 4.78 is 0. The predicted octanol–water partition coefficient (Wildman–Crippen LogP) is 1.38. The number of hydrogen-bond donors (Lipinski definition) is 3. The highest BCUT2D eigenvalue weighted by molar-refractivity contribution is 5.95. The Morgan fingerprint density at radius 2 is 2.20 bits per heavy atom. The van der Waals surface area contributed by atoms with Crippen LogP contribution in [0.5, 0.6) is 0 Å². The quantitative estimate of drug-likeness (QED) is 0.517. The predicted molar refractivity (Wildman–Crippen MR) is 75.8 cm³/mol. The molecular formula is C13H19N3O4. The summed E-state index contributed by atoms with van der Waals surface area (Å²) in [7, 11) is 0. The maximum atomic E-state index is 11.7. The molecule has 1 rings (SSSR count). The summed E-state index contributed by atoms with van der Waals surface area (Å²) in [5.74, 6) is -0.358. The van der Waals surface area contributed by atoms with Crippen LogP contribution in [0.15, 0.2) is 18.2 Å². The first-order valence-electron chi connectivity index (χ1n) is 6.41. The van der Waals surface area contributed by atoms with E-state index in [-0.39, 0.29) is 29.7 Å². The van der Waals surface area contributed by atoms with Crippen LogP contribution in [0.25, 0.3) is 0 Å². The molecule has 0 bridgehead atoms. The monoisotopic (exact) mass is 281 g/mol. The number of hydrogen-bond acceptors (Lipinski definition) is 5. The molecule has 0 saturated carbocycles. The molecule has 7 nitrogen and oxygen atoms in total. The Hall–Kier alpha value is -2.15. The zero-order valence-corrected chi connectivity index (χ0v) is 11.5. The molecular weight excluding hydrogens is 262 g/mol. The van der Waals surface area contributed by atoms with E-state index in [1.807, 2.05) is 6.92 Å². The van der Waals surface area contributed by atoms with Gasteiger partial charge in [0.2, 0.25) is 0 Å². The fourth-order valence-electron chi connectivity index (χ4n) is 1.58. The van der Waals surface area contributed by atoms with Gasteiger partial charge in [-0.25, -0.2) is 0 Å². The number of anilines is 1. The minimum atomic E-state index is -0.533. The molecule has 7 heteroatoms. The van der Waals surface area contributed by atoms with E-state index < -0.39 is 4.92 Å². The summed E-state index contributed by atoms with van der Waals surface area (Å²) in [5, 5.41) is 25.5. The van der Waals surface area contributed by atoms with Crippen LogP contribution in [0.3, 0.4) is 0 Å². The van der Waals surface area contributed by atoms with E-state index >= 15 is 0 Å². The van der Waals surface area contributed by atoms with E-state index in [1.165, 1.54) is 18.2 Å². The minimum Gasteiger partial charge on any atom is -0.396 e. The number of aliphatic hydroxyl groups is 1. The Morgan fingerprint density at radius 1 is 1.50 bits per heavy atom. The first-order valence-corrected chi connectivity index (χ1v) is 6.41. The van der Waals surface area contributed by atoms with Crippen molar-refractivity contribution in [3.05, 3.63) is 33.9 Å². The van der Waals surface area contributed by atoms with Crippen molar-refractivity contribution in [1.29, 1.82) is 0 Å². The van der Waals surface area contributed by atoms with Crippen molar-refractivity contribution in [2.24, 2.45) is 5.92 Å². The van der Waals surface area contributed by atoms with Gasteiger partial charge >= 0.3 is 0 Å². The Kier molecular flexibility index (Phi) is 5.92. The number of carbonyl (C=O) groups excluding carboxylic acids is 1. The van der Waals surface area contributed by atoms with Gasteiger partial charge in [-0.2, -0.15) is 0 Å². The molecule has 0 fully saturated rings. The van der Waals surface area contributed by atoms with E-state index in [0.29, 0.717) is 18.8 Å². The molecule has 0 saturated heterocycles. The van der Waals surface area contributed by atoms with Gasteiger partial charge < -0.3 is 15.7 Å². The molecule has 0 aliphatic carbocycles. The van der Waals surface area contributed by atoms with Crippen molar-refractivity contribution in [3.8, 4) is 0 Å². The second kappa shape index (κ2) is 7.44. The van der Waals surface area contributed by atoms with E-state index in [0.717, 1.165) is 0 Å². The number of nitro groups is 1. The van der Waals surface area contributed by atoms with Gasteiger partial charge in [-0.15, -0.1) is 0 Å². The molecule has 1 amide bonds. The van der Waals surface area contributed by atoms with Crippen molar-refractivity contribution in [3.63, 3.8) is 0 Å². The van der Waals surface area contributed by atoms with Crippen LogP contribution < -0.4 is 10.6 Å². The third-order valence-electron chi connectivity index (χ3n) is 2.75. The maximum absolute atomic E-state index is 11.7. The fraction of sp³-hybridized carbons (Fsp3) is 0.462. The molecule has 0 heterocycles. The number of nitro benzene ring substituents is 1. The second-order valence-electron chi connectivity index (χ2n) is 4.52. The topological polar surface area (TPSA) is 104 Å². The number of amides is 1. The van der Waals surface area contributed by atoms with Gasteiger partial charge in [0.15, 0.2) is 0 Å². The highest BCUT2D eigenvalue weighted by atomic mass is 16.6. The molecule has 3 N–H and O–H groups in total. The molecule has 0 aromatic heterocycles. The number of nitrogens with one attached hydrogen (secondary N) is 2. The molecule has 1 aromatic rings. The number of carbonyl (C=O) groups is 1. The Morgan fingerprint density at radius 3 is 2.75 bits per heavy atom. The highest BCUT2D eigenvalue weighted by Gasteiger charge is 2.17. The fourth-order valence-corrected chi connectivity index (χ4v) is 1.58. The number of nitrogens with zero attached hydrogens (tertiary/aromatic N) is 1. The normalized spacial score (nSPS) is 11.8. The summed E-state index contributed by atoms with van der Waals surface area (Å²) in [6, 6.07) is 4.29. The number of rotatable bonds is 7. The summed E-state index contributed by atoms with van der Waals surface area (Å²) >= 11 is 0. The van der Waals surface area contributed by atoms with Gasteiger partial charge in [-0.1, -0.05) is 6.92 Å². The molecule has 1 unspecified atom stereocenters. The Bertz CT molecular complexity index is 491. The number of benzene rings is 1. The molecule has 0 spiro atoms. The summed E-state index contributed by atoms with van der Waals surface area (Å²) in [6.07, 6.45) is 0. The van der Waals surface area contributed by atoms with Crippen molar-refractivity contribution in [2.75, 3.05) is 25.0 Å². The van der Waals surface area contributed by atoms with Gasteiger partial charge in [0, 0.05) is 31.3 Å². The first-order chi connectivity index (χ1) is 9.49. The van der Waals surface area contributed by atoms with Crippen LogP contribution in [0.1, 0.15) is 24.2 Å². The van der Waals surface area contributed by atoms with Crippen LogP contribution in [0.4, 0.5) is 11.4 Å². The standard InChI is InChI=1S/C13H19N3O4/c1-3-14-13(18)10-4-5-11(12(6-10)16(19)20)15-7-9(2)8-17/h4-6,9,15,17H,3,7-8H2,1-2H3,(H,14,18). The molecule has 110 valence electrons. The van der Waals surface area contributed by atoms with Gasteiger partial charge in [-0.05, 0) is 25.0 Å². The average Bonchev–Trinajstić information content (AvgIpc) is 2.44. The summed E-state index contributed by atoms with van der Waals surface area (Å²) in [5.41, 5.74) is 0.432. The van der Waals surface area contributed by atoms with E-state index in [9.17, 15) is 14.9 Å². The van der Waals surface area contributed by atoms with Crippen LogP contribution in [0, 0.1) is 16.0 Å². The molecule has 1 aromatic carbocycles. The molecule has 20 heavy (non-hydrogen) atoms. The van der Waals surface area contributed by atoms with Gasteiger partial charge in [0.05, 0.1) is 4.92 Å². The van der Waals surface area contributed by atoms with Gasteiger partial charge in [0.1, 0.15) is 5.69 Å². The van der Waals surface area contributed by atoms with Gasteiger partial charge in [0.25, 0.3) is 11.6 Å². The van der Waals surface area contributed by atoms with Crippen molar-refractivity contribution >= 4 is 17.3 Å². The average molecular weight is 281 g/mol. The lowest BCUT2D eigenvalue weighted by Gasteiger charge is -2.11. The highest BCUT2D eigenvalue weighted by Crippen LogP contribution is 2.25. The summed E-state index contributed by atoms with van der Waals surface area (Å²) in [6.45, 7) is 4.47. The second-order valence-corrected chi connectivity index (χ2v) is 4.52. The lowest BCUT2D eigenvalue weighted by molar-refractivity contribution is -0.384. The van der Waals surface area contributed by atoms with Crippen molar-refractivity contribution < 1.29 is 14.8 Å². The maximum Gasteiger partial charge on any atom is 0.293 e. The lowest BCUT2D eigenvalue weighted by Crippen LogP contribution is -2.23. The van der Waals surface area contributed by atoms with Crippen molar-refractivity contribution in [1.82, 2.24) is 5.32 Å². The van der Waals surface area contributed by atoms with Crippen LogP contribution in [-0.2, 0) is 0 Å². The zero-order valence-electron chi connectivity index (χ0n) is 11.5. The molecule has 0 aliphatic heterocycles. The lowest BCUT2D eigenvalue weighted by atomic mass is 10.1. The molecule has 0 aliphatic rings. The molecule has 1 atom stereocenters. The van der Waals surface area contributed by atoms with E-state index in [4.69, 9.17) is 5.11 Å². The summed E-state index contributed by atoms with van der Waals surface area (Å²) in [4.78, 5) is 22.2. The largest absolute Gasteiger partial charge is 0.396 e. The van der Waals surface area contributed by atoms with E-state index in [2.05, 4.69) is 10.6 Å². The third kappa shape index (κ3) is 4.20. The van der Waals surface area contributed by atoms with E-state index in [1.54, 1.807) is 6.92 Å². The first kappa shape index (κ1) is 15.9. The van der Waals surface area contributed by atoms with Crippen molar-refractivity contribution in [2.45, 2.75) is 13.8 Å². The van der Waals surface area contributed by atoms with Crippen LogP contribution in [0.2, 0.25) is 0 Å². The molecule has 0 radical (unpaired) electrons. The number of aliphatic hydroxyl groups excluding tert-OH is 1. The zero-order chi connectivity index (χ0) is 15.1. The van der Waals surface area contributed by atoms with Gasteiger partial charge in [-0.3, -0.25) is 14.9 Å². The Balaban J connectivity index is 2.96. The van der Waals surface area contributed by atoms with Crippen LogP contribution >= 0.6 is 0 Å². The SMILES string of the molecule is CCNC(=O)c1ccc(NCC(C)CO)c([N+](=O)[O-])c1. The smallest absolute Gasteiger partial charge is 0.293 e. The minimum absolute atomic E-state index is 0.00220. The van der Waals surface area contributed by atoms with Crippen LogP contribution in [-0.4, -0.2) is 35.6 Å². The third-order valence-corrected chi connectivity index (χ3v) is 2.75. The Labute approximate surface area is 117 Å².